The quantitative estimate of drug-likeness (QED) is 0.153. The van der Waals surface area contributed by atoms with Crippen molar-refractivity contribution in [3.8, 4) is 0 Å². The third-order valence-corrected chi connectivity index (χ3v) is 5.29. The molecule has 0 atom stereocenters. The van der Waals surface area contributed by atoms with E-state index in [0.717, 1.165) is 12.8 Å². The molecule has 0 spiro atoms. The molecule has 0 unspecified atom stereocenters. The third kappa shape index (κ3) is 22.9. The van der Waals surface area contributed by atoms with Gasteiger partial charge in [0, 0.05) is 19.3 Å². The van der Waals surface area contributed by atoms with Gasteiger partial charge in [-0.15, -0.1) is 0 Å². The van der Waals surface area contributed by atoms with Gasteiger partial charge in [0.1, 0.15) is 0 Å². The van der Waals surface area contributed by atoms with Crippen molar-refractivity contribution in [2.75, 3.05) is 19.3 Å². The minimum Gasteiger partial charge on any atom is -0.748 e. The summed E-state index contributed by atoms with van der Waals surface area (Å²) in [5, 5.41) is 0. The van der Waals surface area contributed by atoms with Gasteiger partial charge in [0.15, 0.2) is 0 Å². The van der Waals surface area contributed by atoms with Crippen molar-refractivity contribution in [1.82, 2.24) is 4.90 Å². The summed E-state index contributed by atoms with van der Waals surface area (Å²) >= 11 is 0. The Bertz CT molecular complexity index is 480. The first-order valence-corrected chi connectivity index (χ1v) is 11.8. The van der Waals surface area contributed by atoms with E-state index in [4.69, 9.17) is 0 Å². The van der Waals surface area contributed by atoms with Crippen LogP contribution in [0.4, 0.5) is 0 Å². The van der Waals surface area contributed by atoms with Crippen LogP contribution < -0.4 is 51.4 Å². The fraction of sp³-hybridized carbons (Fsp3) is 0.850. The number of carbonyl (C=O) groups excluding carboxylic acids is 1. The van der Waals surface area contributed by atoms with E-state index in [-0.39, 0.29) is 70.3 Å². The summed E-state index contributed by atoms with van der Waals surface area (Å²) in [6, 6.07) is 0. The maximum Gasteiger partial charge on any atom is 1.00 e. The van der Waals surface area contributed by atoms with E-state index in [1.54, 1.807) is 13.1 Å². The topological polar surface area (TPSA) is 77.5 Å². The average molecular weight is 428 g/mol. The molecule has 0 aromatic rings. The molecule has 0 fully saturated rings. The molecule has 0 heterocycles. The normalized spacial score (nSPS) is 11.5. The van der Waals surface area contributed by atoms with Crippen LogP contribution >= 0.6 is 0 Å². The first-order chi connectivity index (χ1) is 12.4. The maximum atomic E-state index is 11.8. The zero-order chi connectivity index (χ0) is 19.7. The average Bonchev–Trinajstić information content (AvgIpc) is 2.57. The molecule has 154 valence electrons. The van der Waals surface area contributed by atoms with Crippen LogP contribution in [0.15, 0.2) is 12.2 Å². The molecule has 0 radical (unpaired) electrons. The first-order valence-electron chi connectivity index (χ1n) is 10.2. The van der Waals surface area contributed by atoms with E-state index >= 15 is 0 Å². The van der Waals surface area contributed by atoms with Gasteiger partial charge in [0.05, 0.1) is 10.1 Å². The Morgan fingerprint density at radius 1 is 0.889 bits per heavy atom. The predicted octanol–water partition coefficient (Wildman–Crippen LogP) is 1.64. The molecule has 0 aliphatic rings. The van der Waals surface area contributed by atoms with Crippen molar-refractivity contribution >= 4 is 16.0 Å². The fourth-order valence-corrected chi connectivity index (χ4v) is 3.31. The Morgan fingerprint density at radius 3 is 1.85 bits per heavy atom. The Morgan fingerprint density at radius 2 is 1.37 bits per heavy atom. The van der Waals surface area contributed by atoms with Gasteiger partial charge in [-0.2, -0.15) is 0 Å². The monoisotopic (exact) mass is 427 g/mol. The molecule has 7 heteroatoms. The number of carbonyl (C=O) groups is 1. The van der Waals surface area contributed by atoms with Crippen molar-refractivity contribution in [1.29, 1.82) is 0 Å². The fourth-order valence-electron chi connectivity index (χ4n) is 2.83. The van der Waals surface area contributed by atoms with Crippen molar-refractivity contribution < 1.29 is 69.1 Å². The summed E-state index contributed by atoms with van der Waals surface area (Å²) in [5.41, 5.74) is 0. The Balaban J connectivity index is 0. The van der Waals surface area contributed by atoms with E-state index in [1.807, 2.05) is 6.08 Å². The van der Waals surface area contributed by atoms with Crippen molar-refractivity contribution in [3.63, 3.8) is 0 Å². The van der Waals surface area contributed by atoms with Gasteiger partial charge in [-0.25, -0.2) is 8.42 Å². The molecule has 0 N–H and O–H groups in total. The van der Waals surface area contributed by atoms with Gasteiger partial charge in [-0.05, 0) is 25.3 Å². The molecule has 0 saturated carbocycles. The van der Waals surface area contributed by atoms with Crippen molar-refractivity contribution in [2.24, 2.45) is 0 Å². The van der Waals surface area contributed by atoms with Gasteiger partial charge in [0.2, 0.25) is 5.91 Å². The smallest absolute Gasteiger partial charge is 0.748 e. The summed E-state index contributed by atoms with van der Waals surface area (Å²) in [4.78, 5) is 13.3. The predicted molar refractivity (Wildman–Crippen MR) is 107 cm³/mol. The third-order valence-electron chi connectivity index (χ3n) is 4.50. The van der Waals surface area contributed by atoms with E-state index in [9.17, 15) is 17.8 Å². The SMILES string of the molecule is CCCCCCCCCCCCC/C=C/C(=O)N(C)CCCS(=O)(=O)[O-].[K+]. The molecule has 0 aromatic carbocycles. The van der Waals surface area contributed by atoms with Crippen molar-refractivity contribution in [2.45, 2.75) is 90.4 Å². The van der Waals surface area contributed by atoms with Crippen molar-refractivity contribution in [3.05, 3.63) is 12.2 Å². The van der Waals surface area contributed by atoms with E-state index < -0.39 is 15.9 Å². The van der Waals surface area contributed by atoms with E-state index in [2.05, 4.69) is 6.92 Å². The summed E-state index contributed by atoms with van der Waals surface area (Å²) in [6.07, 6.45) is 18.9. The largest absolute Gasteiger partial charge is 1.00 e. The summed E-state index contributed by atoms with van der Waals surface area (Å²) < 4.78 is 31.6. The van der Waals surface area contributed by atoms with Gasteiger partial charge >= 0.3 is 51.4 Å². The number of amides is 1. The number of nitrogens with zero attached hydrogens (tertiary/aromatic N) is 1. The number of unbranched alkanes of at least 4 members (excludes halogenated alkanes) is 11. The van der Waals surface area contributed by atoms with Crippen LogP contribution in [0.1, 0.15) is 90.4 Å². The van der Waals surface area contributed by atoms with Crippen LogP contribution in [0.5, 0.6) is 0 Å². The first kappa shape index (κ1) is 30.0. The van der Waals surface area contributed by atoms with Crippen LogP contribution in [-0.4, -0.2) is 43.1 Å². The standard InChI is InChI=1S/C20H39NO4S.K/c1-3-4-5-6-7-8-9-10-11-12-13-14-15-17-20(22)21(2)18-16-19-26(23,24)25;/h15,17H,3-14,16,18-19H2,1-2H3,(H,23,24,25);/q;+1/p-1/b17-15+;. The molecule has 0 aromatic heterocycles. The van der Waals surface area contributed by atoms with E-state index in [0.29, 0.717) is 0 Å². The second-order valence-corrected chi connectivity index (χ2v) is 8.63. The number of likely N-dealkylation sites (N-methyl/N-ethyl adjacent to an activating group) is 1. The second-order valence-electron chi connectivity index (χ2n) is 7.10. The molecular weight excluding hydrogens is 389 g/mol. The number of rotatable bonds is 17. The zero-order valence-corrected chi connectivity index (χ0v) is 21.7. The van der Waals surface area contributed by atoms with Gasteiger partial charge < -0.3 is 9.45 Å². The molecule has 0 saturated heterocycles. The molecule has 5 nitrogen and oxygen atoms in total. The van der Waals surface area contributed by atoms with Crippen LogP contribution in [0.2, 0.25) is 0 Å². The summed E-state index contributed by atoms with van der Waals surface area (Å²) in [6.45, 7) is 2.53. The van der Waals surface area contributed by atoms with Crippen LogP contribution in [-0.2, 0) is 14.9 Å². The Kier molecular flexibility index (Phi) is 22.2. The van der Waals surface area contributed by atoms with Gasteiger partial charge in [0.25, 0.3) is 0 Å². The minimum absolute atomic E-state index is 0. The number of allylic oxidation sites excluding steroid dienone is 1. The minimum atomic E-state index is -4.19. The Hall–Kier alpha value is 0.756. The van der Waals surface area contributed by atoms with Crippen LogP contribution in [0.3, 0.4) is 0 Å². The van der Waals surface area contributed by atoms with Gasteiger partial charge in [-0.1, -0.05) is 77.2 Å². The van der Waals surface area contributed by atoms with Crippen LogP contribution in [0, 0.1) is 0 Å². The summed E-state index contributed by atoms with van der Waals surface area (Å²) in [7, 11) is -2.58. The molecule has 0 rings (SSSR count). The molecular formula is C20H38KNO4S. The summed E-state index contributed by atoms with van der Waals surface area (Å²) in [5.74, 6) is -0.566. The van der Waals surface area contributed by atoms with Crippen LogP contribution in [0.25, 0.3) is 0 Å². The molecule has 1 amide bonds. The Labute approximate surface area is 209 Å². The zero-order valence-electron chi connectivity index (χ0n) is 17.7. The second kappa shape index (κ2) is 20.0. The van der Waals surface area contributed by atoms with E-state index in [1.165, 1.54) is 69.1 Å². The molecule has 0 aliphatic heterocycles. The molecule has 0 bridgehead atoms. The molecule has 27 heavy (non-hydrogen) atoms. The molecule has 0 aliphatic carbocycles. The maximum absolute atomic E-state index is 11.8. The number of hydrogen-bond acceptors (Lipinski definition) is 4. The number of hydrogen-bond donors (Lipinski definition) is 0. The van der Waals surface area contributed by atoms with Gasteiger partial charge in [-0.3, -0.25) is 4.79 Å².